The van der Waals surface area contributed by atoms with E-state index in [-0.39, 0.29) is 0 Å². The Balaban J connectivity index is 1.89. The van der Waals surface area contributed by atoms with Crippen LogP contribution >= 0.6 is 11.6 Å². The van der Waals surface area contributed by atoms with E-state index in [1.165, 1.54) is 6.33 Å². The molecule has 0 aliphatic carbocycles. The first kappa shape index (κ1) is 15.1. The highest BCUT2D eigenvalue weighted by atomic mass is 35.5. The number of aromatic nitrogens is 3. The maximum atomic E-state index is 6.17. The third-order valence-electron chi connectivity index (χ3n) is 3.28. The van der Waals surface area contributed by atoms with Crippen molar-refractivity contribution in [3.63, 3.8) is 0 Å². The van der Waals surface area contributed by atoms with Crippen molar-refractivity contribution in [2.45, 2.75) is 6.92 Å². The molecule has 0 atom stereocenters. The highest BCUT2D eigenvalue weighted by Crippen LogP contribution is 2.30. The number of hydrogen-bond acceptors (Lipinski definition) is 6. The zero-order valence-corrected chi connectivity index (χ0v) is 13.2. The second-order valence-electron chi connectivity index (χ2n) is 4.93. The van der Waals surface area contributed by atoms with Gasteiger partial charge in [0.05, 0.1) is 0 Å². The number of halogens is 1. The van der Waals surface area contributed by atoms with Gasteiger partial charge in [0.1, 0.15) is 12.0 Å². The summed E-state index contributed by atoms with van der Waals surface area (Å²) in [7, 11) is 0. The molecule has 0 aliphatic rings. The summed E-state index contributed by atoms with van der Waals surface area (Å²) in [6.07, 6.45) is 4.82. The highest BCUT2D eigenvalue weighted by molar-refractivity contribution is 6.30. The predicted molar refractivity (Wildman–Crippen MR) is 93.4 cm³/mol. The molecule has 0 saturated carbocycles. The Bertz CT molecular complexity index is 822. The lowest BCUT2D eigenvalue weighted by Gasteiger charge is -2.14. The molecule has 116 valence electrons. The van der Waals surface area contributed by atoms with Crippen LogP contribution in [-0.2, 0) is 0 Å². The third kappa shape index (κ3) is 3.49. The normalized spacial score (nSPS) is 10.3. The van der Waals surface area contributed by atoms with E-state index >= 15 is 0 Å². The lowest BCUT2D eigenvalue weighted by molar-refractivity contribution is 1.17. The molecule has 2 heterocycles. The number of pyridine rings is 1. The van der Waals surface area contributed by atoms with Crippen molar-refractivity contribution in [1.82, 2.24) is 15.0 Å². The molecular formula is C16H15ClN6. The smallest absolute Gasteiger partial charge is 0.159 e. The first-order valence-electron chi connectivity index (χ1n) is 6.94. The lowest BCUT2D eigenvalue weighted by Crippen LogP contribution is -2.05. The van der Waals surface area contributed by atoms with Gasteiger partial charge in [0, 0.05) is 28.8 Å². The Morgan fingerprint density at radius 3 is 2.43 bits per heavy atom. The van der Waals surface area contributed by atoms with Gasteiger partial charge in [-0.05, 0) is 36.8 Å². The summed E-state index contributed by atoms with van der Waals surface area (Å²) in [5.41, 5.74) is 9.31. The number of nitrogens with zero attached hydrogens (tertiary/aromatic N) is 3. The molecule has 0 unspecified atom stereocenters. The minimum absolute atomic E-state index is 0.420. The zero-order chi connectivity index (χ0) is 16.2. The van der Waals surface area contributed by atoms with E-state index in [4.69, 9.17) is 17.3 Å². The number of benzene rings is 1. The van der Waals surface area contributed by atoms with Gasteiger partial charge < -0.3 is 16.4 Å². The maximum absolute atomic E-state index is 6.17. The number of rotatable bonds is 4. The molecule has 23 heavy (non-hydrogen) atoms. The van der Waals surface area contributed by atoms with Crippen LogP contribution in [0.5, 0.6) is 0 Å². The van der Waals surface area contributed by atoms with Gasteiger partial charge in [-0.1, -0.05) is 17.7 Å². The Morgan fingerprint density at radius 1 is 1.00 bits per heavy atom. The SMILES string of the molecule is Cc1ccc(Cl)cc1Nc1ncnc(Nc2ccncc2)c1N. The summed E-state index contributed by atoms with van der Waals surface area (Å²) in [4.78, 5) is 12.4. The van der Waals surface area contributed by atoms with Crippen LogP contribution in [0.2, 0.25) is 5.02 Å². The van der Waals surface area contributed by atoms with Crippen LogP contribution in [0.1, 0.15) is 5.56 Å². The molecule has 1 aromatic carbocycles. The monoisotopic (exact) mass is 326 g/mol. The summed E-state index contributed by atoms with van der Waals surface area (Å²) >= 11 is 6.04. The molecule has 0 aliphatic heterocycles. The maximum Gasteiger partial charge on any atom is 0.159 e. The van der Waals surface area contributed by atoms with E-state index in [0.717, 1.165) is 16.9 Å². The first-order chi connectivity index (χ1) is 11.1. The second-order valence-corrected chi connectivity index (χ2v) is 5.37. The van der Waals surface area contributed by atoms with Gasteiger partial charge in [-0.3, -0.25) is 4.98 Å². The van der Waals surface area contributed by atoms with Gasteiger partial charge in [-0.15, -0.1) is 0 Å². The van der Waals surface area contributed by atoms with Gasteiger partial charge in [-0.2, -0.15) is 0 Å². The molecule has 0 amide bonds. The van der Waals surface area contributed by atoms with Crippen molar-refractivity contribution in [2.24, 2.45) is 0 Å². The number of aryl methyl sites for hydroxylation is 1. The fourth-order valence-electron chi connectivity index (χ4n) is 2.02. The molecule has 0 spiro atoms. The summed E-state index contributed by atoms with van der Waals surface area (Å²) in [6.45, 7) is 1.98. The van der Waals surface area contributed by atoms with E-state index < -0.39 is 0 Å². The van der Waals surface area contributed by atoms with Crippen molar-refractivity contribution in [3.8, 4) is 0 Å². The Morgan fingerprint density at radius 2 is 1.70 bits per heavy atom. The minimum Gasteiger partial charge on any atom is -0.393 e. The molecule has 0 saturated heterocycles. The van der Waals surface area contributed by atoms with E-state index in [1.54, 1.807) is 12.4 Å². The minimum atomic E-state index is 0.420. The summed E-state index contributed by atoms with van der Waals surface area (Å²) in [5.74, 6) is 1.04. The van der Waals surface area contributed by atoms with Crippen molar-refractivity contribution in [2.75, 3.05) is 16.4 Å². The van der Waals surface area contributed by atoms with Gasteiger partial charge in [-0.25, -0.2) is 9.97 Å². The average molecular weight is 327 g/mol. The van der Waals surface area contributed by atoms with E-state index in [1.807, 2.05) is 37.3 Å². The van der Waals surface area contributed by atoms with E-state index in [2.05, 4.69) is 25.6 Å². The average Bonchev–Trinajstić information content (AvgIpc) is 2.55. The highest BCUT2D eigenvalue weighted by Gasteiger charge is 2.10. The quantitative estimate of drug-likeness (QED) is 0.673. The lowest BCUT2D eigenvalue weighted by atomic mass is 10.2. The van der Waals surface area contributed by atoms with Crippen molar-refractivity contribution in [1.29, 1.82) is 0 Å². The van der Waals surface area contributed by atoms with Gasteiger partial charge >= 0.3 is 0 Å². The molecule has 0 radical (unpaired) electrons. The van der Waals surface area contributed by atoms with Crippen LogP contribution < -0.4 is 16.4 Å². The number of nitrogen functional groups attached to an aromatic ring is 1. The second kappa shape index (κ2) is 6.50. The number of anilines is 5. The molecule has 6 nitrogen and oxygen atoms in total. The van der Waals surface area contributed by atoms with Gasteiger partial charge in [0.25, 0.3) is 0 Å². The number of nitrogens with one attached hydrogen (secondary N) is 2. The number of hydrogen-bond donors (Lipinski definition) is 3. The van der Waals surface area contributed by atoms with Crippen LogP contribution in [0.15, 0.2) is 49.1 Å². The van der Waals surface area contributed by atoms with Crippen LogP contribution in [-0.4, -0.2) is 15.0 Å². The van der Waals surface area contributed by atoms with Crippen LogP contribution in [0.3, 0.4) is 0 Å². The first-order valence-corrected chi connectivity index (χ1v) is 7.32. The molecule has 0 bridgehead atoms. The molecule has 0 fully saturated rings. The predicted octanol–water partition coefficient (Wildman–Crippen LogP) is 3.90. The van der Waals surface area contributed by atoms with E-state index in [0.29, 0.717) is 22.3 Å². The summed E-state index contributed by atoms with van der Waals surface area (Å²) in [6, 6.07) is 9.25. The molecule has 4 N–H and O–H groups in total. The summed E-state index contributed by atoms with van der Waals surface area (Å²) < 4.78 is 0. The van der Waals surface area contributed by atoms with Gasteiger partial charge in [0.2, 0.25) is 0 Å². The Labute approximate surface area is 138 Å². The van der Waals surface area contributed by atoms with Crippen LogP contribution in [0.4, 0.5) is 28.7 Å². The van der Waals surface area contributed by atoms with E-state index in [9.17, 15) is 0 Å². The zero-order valence-electron chi connectivity index (χ0n) is 12.4. The van der Waals surface area contributed by atoms with Crippen LogP contribution in [0, 0.1) is 6.92 Å². The van der Waals surface area contributed by atoms with Crippen LogP contribution in [0.25, 0.3) is 0 Å². The topological polar surface area (TPSA) is 88.8 Å². The summed E-state index contributed by atoms with van der Waals surface area (Å²) in [5, 5.41) is 6.98. The fourth-order valence-corrected chi connectivity index (χ4v) is 2.20. The van der Waals surface area contributed by atoms with Crippen molar-refractivity contribution < 1.29 is 0 Å². The molecule has 7 heteroatoms. The molecule has 3 aromatic rings. The Hall–Kier alpha value is -2.86. The molecule has 3 rings (SSSR count). The molecular weight excluding hydrogens is 312 g/mol. The number of nitrogens with two attached hydrogens (primary N) is 1. The largest absolute Gasteiger partial charge is 0.393 e. The Kier molecular flexibility index (Phi) is 4.25. The molecule has 2 aromatic heterocycles. The van der Waals surface area contributed by atoms with Gasteiger partial charge in [0.15, 0.2) is 11.6 Å². The standard InChI is InChI=1S/C16H15ClN6/c1-10-2-3-11(17)8-13(10)23-16-14(18)15(20-9-21-16)22-12-4-6-19-7-5-12/h2-9H,18H2,1H3,(H2,19,20,21,22,23). The van der Waals surface area contributed by atoms with Crippen molar-refractivity contribution in [3.05, 3.63) is 59.6 Å². The fraction of sp³-hybridized carbons (Fsp3) is 0.0625. The third-order valence-corrected chi connectivity index (χ3v) is 3.51. The van der Waals surface area contributed by atoms with Crippen molar-refractivity contribution >= 4 is 40.3 Å².